The second kappa shape index (κ2) is 5.29. The van der Waals surface area contributed by atoms with Crippen molar-refractivity contribution >= 4 is 5.97 Å². The number of hydrogen-bond acceptors (Lipinski definition) is 2. The Hall–Kier alpha value is -1.64. The molecule has 0 radical (unpaired) electrons. The predicted octanol–water partition coefficient (Wildman–Crippen LogP) is 2.84. The zero-order valence-electron chi connectivity index (χ0n) is 8.79. The summed E-state index contributed by atoms with van der Waals surface area (Å²) in [5.41, 5.74) is 1.52. The molecule has 3 heteroatoms. The monoisotopic (exact) mass is 208 g/mol. The molecule has 0 aliphatic carbocycles. The highest BCUT2D eigenvalue weighted by Gasteiger charge is 2.00. The van der Waals surface area contributed by atoms with Gasteiger partial charge in [-0.05, 0) is 31.5 Å². The third-order valence-corrected chi connectivity index (χ3v) is 1.68. The molecule has 0 aliphatic rings. The first-order valence-corrected chi connectivity index (χ1v) is 4.64. The quantitative estimate of drug-likeness (QED) is 0.564. The lowest BCUT2D eigenvalue weighted by molar-refractivity contribution is -0.139. The van der Waals surface area contributed by atoms with E-state index in [4.69, 9.17) is 4.74 Å². The summed E-state index contributed by atoms with van der Waals surface area (Å²) in [7, 11) is 0. The van der Waals surface area contributed by atoms with Crippen molar-refractivity contribution in [3.63, 3.8) is 0 Å². The summed E-state index contributed by atoms with van der Waals surface area (Å²) in [5, 5.41) is 0. The van der Waals surface area contributed by atoms with Crippen molar-refractivity contribution in [3.05, 3.63) is 47.3 Å². The Balaban J connectivity index is 2.51. The van der Waals surface area contributed by atoms with Gasteiger partial charge >= 0.3 is 5.97 Å². The Kier molecular flexibility index (Phi) is 4.03. The topological polar surface area (TPSA) is 26.3 Å². The molecule has 0 aliphatic heterocycles. The van der Waals surface area contributed by atoms with Crippen molar-refractivity contribution in [1.82, 2.24) is 0 Å². The number of carbonyl (C=O) groups is 1. The van der Waals surface area contributed by atoms with Crippen molar-refractivity contribution in [2.75, 3.05) is 0 Å². The van der Waals surface area contributed by atoms with Gasteiger partial charge in [-0.15, -0.1) is 0 Å². The predicted molar refractivity (Wildman–Crippen MR) is 55.6 cm³/mol. The zero-order chi connectivity index (χ0) is 11.3. The normalized spacial score (nSPS) is 9.53. The molecule has 80 valence electrons. The van der Waals surface area contributed by atoms with Gasteiger partial charge in [0.1, 0.15) is 12.4 Å². The first kappa shape index (κ1) is 11.4. The standard InChI is InChI=1S/C12H13FO2/c1-9(2)6-12(14)15-8-10-4-3-5-11(13)7-10/h3-7H,8H2,1-2H3. The molecule has 0 unspecified atom stereocenters. The van der Waals surface area contributed by atoms with Crippen LogP contribution in [0.4, 0.5) is 4.39 Å². The molecule has 1 aromatic carbocycles. The van der Waals surface area contributed by atoms with Crippen molar-refractivity contribution < 1.29 is 13.9 Å². The maximum Gasteiger partial charge on any atom is 0.331 e. The number of halogens is 1. The van der Waals surface area contributed by atoms with Crippen LogP contribution in [0.1, 0.15) is 19.4 Å². The van der Waals surface area contributed by atoms with Crippen LogP contribution in [0.25, 0.3) is 0 Å². The molecule has 0 aromatic heterocycles. The van der Waals surface area contributed by atoms with Gasteiger partial charge in [0.25, 0.3) is 0 Å². The summed E-state index contributed by atoms with van der Waals surface area (Å²) in [6.45, 7) is 3.72. The molecule has 0 saturated heterocycles. The Morgan fingerprint density at radius 2 is 2.20 bits per heavy atom. The van der Waals surface area contributed by atoms with Crippen LogP contribution >= 0.6 is 0 Å². The Morgan fingerprint density at radius 3 is 2.80 bits per heavy atom. The number of allylic oxidation sites excluding steroid dienone is 1. The Labute approximate surface area is 88.4 Å². The Morgan fingerprint density at radius 1 is 1.47 bits per heavy atom. The van der Waals surface area contributed by atoms with Crippen LogP contribution in [0, 0.1) is 5.82 Å². The van der Waals surface area contributed by atoms with E-state index in [1.807, 2.05) is 13.8 Å². The lowest BCUT2D eigenvalue weighted by Gasteiger charge is -2.02. The second-order valence-corrected chi connectivity index (χ2v) is 3.46. The van der Waals surface area contributed by atoms with Gasteiger partial charge < -0.3 is 4.74 Å². The molecule has 1 rings (SSSR count). The number of hydrogen-bond donors (Lipinski definition) is 0. The summed E-state index contributed by atoms with van der Waals surface area (Å²) in [4.78, 5) is 11.1. The molecule has 0 spiro atoms. The van der Waals surface area contributed by atoms with E-state index in [9.17, 15) is 9.18 Å². The Bertz CT molecular complexity index is 379. The average Bonchev–Trinajstić information content (AvgIpc) is 2.14. The van der Waals surface area contributed by atoms with Crippen LogP contribution < -0.4 is 0 Å². The molecule has 1 aromatic rings. The first-order valence-electron chi connectivity index (χ1n) is 4.64. The van der Waals surface area contributed by atoms with Crippen molar-refractivity contribution in [2.45, 2.75) is 20.5 Å². The van der Waals surface area contributed by atoms with Gasteiger partial charge in [0.15, 0.2) is 0 Å². The fraction of sp³-hybridized carbons (Fsp3) is 0.250. The number of ether oxygens (including phenoxy) is 1. The van der Waals surface area contributed by atoms with Gasteiger partial charge in [-0.25, -0.2) is 9.18 Å². The van der Waals surface area contributed by atoms with E-state index in [1.165, 1.54) is 18.2 Å². The molecule has 15 heavy (non-hydrogen) atoms. The average molecular weight is 208 g/mol. The number of esters is 1. The van der Waals surface area contributed by atoms with Crippen LogP contribution in [-0.4, -0.2) is 5.97 Å². The van der Waals surface area contributed by atoms with E-state index in [1.54, 1.807) is 12.1 Å². The molecule has 2 nitrogen and oxygen atoms in total. The minimum atomic E-state index is -0.403. The third kappa shape index (κ3) is 4.40. The van der Waals surface area contributed by atoms with Crippen LogP contribution in [0.2, 0.25) is 0 Å². The van der Waals surface area contributed by atoms with E-state index in [0.717, 1.165) is 5.57 Å². The van der Waals surface area contributed by atoms with Gasteiger partial charge in [0.05, 0.1) is 0 Å². The molecular formula is C12H13FO2. The van der Waals surface area contributed by atoms with Crippen molar-refractivity contribution in [2.24, 2.45) is 0 Å². The fourth-order valence-electron chi connectivity index (χ4n) is 1.06. The summed E-state index contributed by atoms with van der Waals surface area (Å²) in [6.07, 6.45) is 1.40. The van der Waals surface area contributed by atoms with Crippen molar-refractivity contribution in [1.29, 1.82) is 0 Å². The van der Waals surface area contributed by atoms with Crippen LogP contribution in [-0.2, 0) is 16.1 Å². The highest BCUT2D eigenvalue weighted by Crippen LogP contribution is 2.05. The van der Waals surface area contributed by atoms with Crippen LogP contribution in [0.3, 0.4) is 0 Å². The van der Waals surface area contributed by atoms with Crippen LogP contribution in [0.5, 0.6) is 0 Å². The number of rotatable bonds is 3. The second-order valence-electron chi connectivity index (χ2n) is 3.46. The first-order chi connectivity index (χ1) is 7.08. The van der Waals surface area contributed by atoms with E-state index >= 15 is 0 Å². The van der Waals surface area contributed by atoms with Gasteiger partial charge in [-0.1, -0.05) is 17.7 Å². The maximum atomic E-state index is 12.7. The lowest BCUT2D eigenvalue weighted by atomic mass is 10.2. The minimum absolute atomic E-state index is 0.0976. The molecule has 0 bridgehead atoms. The van der Waals surface area contributed by atoms with Crippen molar-refractivity contribution in [3.8, 4) is 0 Å². The molecule has 0 amide bonds. The smallest absolute Gasteiger partial charge is 0.331 e. The molecule has 0 atom stereocenters. The molecule has 0 fully saturated rings. The molecule has 0 heterocycles. The molecular weight excluding hydrogens is 195 g/mol. The fourth-order valence-corrected chi connectivity index (χ4v) is 1.06. The summed E-state index contributed by atoms with van der Waals surface area (Å²) >= 11 is 0. The summed E-state index contributed by atoms with van der Waals surface area (Å²) in [5.74, 6) is -0.731. The van der Waals surface area contributed by atoms with Gasteiger partial charge in [-0.3, -0.25) is 0 Å². The SMILES string of the molecule is CC(C)=CC(=O)OCc1cccc(F)c1. The largest absolute Gasteiger partial charge is 0.458 e. The van der Waals surface area contributed by atoms with E-state index in [2.05, 4.69) is 0 Å². The van der Waals surface area contributed by atoms with E-state index < -0.39 is 5.97 Å². The van der Waals surface area contributed by atoms with Gasteiger partial charge in [0, 0.05) is 6.08 Å². The van der Waals surface area contributed by atoms with Gasteiger partial charge in [-0.2, -0.15) is 0 Å². The zero-order valence-corrected chi connectivity index (χ0v) is 8.79. The third-order valence-electron chi connectivity index (χ3n) is 1.68. The summed E-state index contributed by atoms with van der Waals surface area (Å²) in [6, 6.07) is 5.98. The van der Waals surface area contributed by atoms with Crippen LogP contribution in [0.15, 0.2) is 35.9 Å². The van der Waals surface area contributed by atoms with E-state index in [0.29, 0.717) is 5.56 Å². The maximum absolute atomic E-state index is 12.7. The van der Waals surface area contributed by atoms with E-state index in [-0.39, 0.29) is 12.4 Å². The highest BCUT2D eigenvalue weighted by atomic mass is 19.1. The van der Waals surface area contributed by atoms with Gasteiger partial charge in [0.2, 0.25) is 0 Å². The molecule has 0 N–H and O–H groups in total. The number of benzene rings is 1. The summed E-state index contributed by atoms with van der Waals surface area (Å²) < 4.78 is 17.7. The molecule has 0 saturated carbocycles. The number of carbonyl (C=O) groups excluding carboxylic acids is 1. The minimum Gasteiger partial charge on any atom is -0.458 e. The lowest BCUT2D eigenvalue weighted by Crippen LogP contribution is -2.01. The highest BCUT2D eigenvalue weighted by molar-refractivity contribution is 5.82.